The van der Waals surface area contributed by atoms with Gasteiger partial charge in [0.25, 0.3) is 0 Å². The van der Waals surface area contributed by atoms with Gasteiger partial charge in [0.1, 0.15) is 17.7 Å². The molecule has 0 amide bonds. The standard InChI is InChI=1S/C22H27F2NO4Si/c1-22(2,3)30(4,5)29-21(16-8-7-15(23)12-17(16)24)18-9-6-14(13-25-18)19(26)10-11-20(27)28/h6-9,12-13,21H,10-11H2,1-5H3,(H,27,28). The lowest BCUT2D eigenvalue weighted by molar-refractivity contribution is -0.136. The second-order valence-electron chi connectivity index (χ2n) is 8.71. The lowest BCUT2D eigenvalue weighted by Gasteiger charge is -2.39. The van der Waals surface area contributed by atoms with E-state index in [-0.39, 0.29) is 34.8 Å². The van der Waals surface area contributed by atoms with Gasteiger partial charge >= 0.3 is 5.97 Å². The fraction of sp³-hybridized carbons (Fsp3) is 0.409. The second-order valence-corrected chi connectivity index (χ2v) is 13.5. The summed E-state index contributed by atoms with van der Waals surface area (Å²) in [6.45, 7) is 10.2. The number of hydrogen-bond donors (Lipinski definition) is 1. The zero-order valence-electron chi connectivity index (χ0n) is 17.8. The summed E-state index contributed by atoms with van der Waals surface area (Å²) in [5, 5.41) is 8.57. The average Bonchev–Trinajstić information content (AvgIpc) is 2.64. The average molecular weight is 436 g/mol. The van der Waals surface area contributed by atoms with Gasteiger partial charge in [0.2, 0.25) is 0 Å². The lowest BCUT2D eigenvalue weighted by Crippen LogP contribution is -2.42. The van der Waals surface area contributed by atoms with Gasteiger partial charge in [-0.1, -0.05) is 26.8 Å². The number of carboxylic acid groups (broad SMARTS) is 1. The molecule has 0 radical (unpaired) electrons. The van der Waals surface area contributed by atoms with Gasteiger partial charge in [-0.2, -0.15) is 0 Å². The van der Waals surface area contributed by atoms with Crippen LogP contribution in [0.25, 0.3) is 0 Å². The highest BCUT2D eigenvalue weighted by atomic mass is 28.4. The molecule has 0 spiro atoms. The van der Waals surface area contributed by atoms with Crippen LogP contribution >= 0.6 is 0 Å². The van der Waals surface area contributed by atoms with Crippen molar-refractivity contribution in [1.29, 1.82) is 0 Å². The van der Waals surface area contributed by atoms with Gasteiger partial charge in [0.15, 0.2) is 14.1 Å². The zero-order chi connectivity index (χ0) is 22.7. The van der Waals surface area contributed by atoms with E-state index in [4.69, 9.17) is 9.53 Å². The Bertz CT molecular complexity index is 924. The normalized spacial score (nSPS) is 13.2. The molecule has 1 aromatic heterocycles. The number of aliphatic carboxylic acids is 1. The summed E-state index contributed by atoms with van der Waals surface area (Å²) in [5.41, 5.74) is 0.824. The minimum absolute atomic E-state index is 0.132. The van der Waals surface area contributed by atoms with Gasteiger partial charge in [-0.15, -0.1) is 0 Å². The van der Waals surface area contributed by atoms with Gasteiger partial charge in [0.05, 0.1) is 12.1 Å². The van der Waals surface area contributed by atoms with Crippen LogP contribution in [0.2, 0.25) is 18.1 Å². The SMILES string of the molecule is CC(C)(C)[Si](C)(C)OC(c1ccc(C(=O)CCC(=O)O)cn1)c1ccc(F)cc1F. The van der Waals surface area contributed by atoms with Crippen molar-refractivity contribution >= 4 is 20.1 Å². The smallest absolute Gasteiger partial charge is 0.303 e. The Morgan fingerprint density at radius 3 is 2.30 bits per heavy atom. The minimum Gasteiger partial charge on any atom is -0.481 e. The molecule has 162 valence electrons. The first-order chi connectivity index (χ1) is 13.8. The van der Waals surface area contributed by atoms with E-state index >= 15 is 0 Å². The highest BCUT2D eigenvalue weighted by Gasteiger charge is 2.40. The fourth-order valence-corrected chi connectivity index (χ4v) is 3.75. The fourth-order valence-electron chi connectivity index (χ4n) is 2.56. The van der Waals surface area contributed by atoms with Crippen molar-refractivity contribution in [3.8, 4) is 0 Å². The summed E-state index contributed by atoms with van der Waals surface area (Å²) >= 11 is 0. The largest absolute Gasteiger partial charge is 0.481 e. The Morgan fingerprint density at radius 1 is 1.13 bits per heavy atom. The number of nitrogens with zero attached hydrogens (tertiary/aromatic N) is 1. The number of ketones is 1. The molecule has 1 aromatic carbocycles. The van der Waals surface area contributed by atoms with E-state index in [0.717, 1.165) is 6.07 Å². The van der Waals surface area contributed by atoms with Crippen LogP contribution in [0.5, 0.6) is 0 Å². The maximum absolute atomic E-state index is 14.6. The Balaban J connectivity index is 2.42. The number of halogens is 2. The maximum Gasteiger partial charge on any atom is 0.303 e. The Kier molecular flexibility index (Phi) is 7.25. The second kappa shape index (κ2) is 9.14. The van der Waals surface area contributed by atoms with Crippen molar-refractivity contribution in [3.05, 3.63) is 65.0 Å². The first-order valence-electron chi connectivity index (χ1n) is 9.65. The van der Waals surface area contributed by atoms with E-state index in [1.54, 1.807) is 6.07 Å². The molecule has 0 saturated carbocycles. The molecule has 0 fully saturated rings. The van der Waals surface area contributed by atoms with Crippen molar-refractivity contribution in [3.63, 3.8) is 0 Å². The molecule has 0 aliphatic rings. The molecule has 1 atom stereocenters. The first kappa shape index (κ1) is 23.8. The third-order valence-electron chi connectivity index (χ3n) is 5.41. The Morgan fingerprint density at radius 2 is 1.80 bits per heavy atom. The maximum atomic E-state index is 14.6. The molecule has 5 nitrogen and oxygen atoms in total. The minimum atomic E-state index is -2.36. The van der Waals surface area contributed by atoms with E-state index in [2.05, 4.69) is 25.8 Å². The summed E-state index contributed by atoms with van der Waals surface area (Å²) in [7, 11) is -2.36. The van der Waals surface area contributed by atoms with Crippen molar-refractivity contribution in [2.24, 2.45) is 0 Å². The molecule has 0 aliphatic carbocycles. The molecule has 0 saturated heterocycles. The summed E-state index contributed by atoms with van der Waals surface area (Å²) in [6.07, 6.45) is 0.0727. The van der Waals surface area contributed by atoms with Gasteiger partial charge in [0, 0.05) is 29.8 Å². The van der Waals surface area contributed by atoms with Crippen LogP contribution in [-0.4, -0.2) is 30.2 Å². The van der Waals surface area contributed by atoms with Crippen molar-refractivity contribution in [2.45, 2.75) is 57.8 Å². The van der Waals surface area contributed by atoms with Crippen LogP contribution in [-0.2, 0) is 9.22 Å². The predicted octanol–water partition coefficient (Wildman–Crippen LogP) is 5.52. The monoisotopic (exact) mass is 435 g/mol. The number of benzene rings is 1. The van der Waals surface area contributed by atoms with Crippen LogP contribution in [0.1, 0.15) is 61.3 Å². The number of rotatable bonds is 8. The summed E-state index contributed by atoms with van der Waals surface area (Å²) in [4.78, 5) is 27.1. The number of hydrogen-bond acceptors (Lipinski definition) is 4. The van der Waals surface area contributed by atoms with E-state index in [0.29, 0.717) is 5.69 Å². The number of pyridine rings is 1. The van der Waals surface area contributed by atoms with E-state index < -0.39 is 32.0 Å². The van der Waals surface area contributed by atoms with Crippen LogP contribution in [0.3, 0.4) is 0 Å². The number of aromatic nitrogens is 1. The molecule has 2 rings (SSSR count). The molecule has 1 heterocycles. The summed E-state index contributed by atoms with van der Waals surface area (Å²) in [5.74, 6) is -2.81. The molecule has 0 aliphatic heterocycles. The van der Waals surface area contributed by atoms with E-state index in [1.807, 2.05) is 13.1 Å². The highest BCUT2D eigenvalue weighted by Crippen LogP contribution is 2.41. The van der Waals surface area contributed by atoms with Crippen molar-refractivity contribution in [2.75, 3.05) is 0 Å². The molecule has 0 bridgehead atoms. The van der Waals surface area contributed by atoms with Gasteiger partial charge in [-0.25, -0.2) is 8.78 Å². The number of carbonyl (C=O) groups is 2. The third kappa shape index (κ3) is 5.79. The van der Waals surface area contributed by atoms with Gasteiger partial charge in [-0.3, -0.25) is 14.6 Å². The molecule has 30 heavy (non-hydrogen) atoms. The number of carboxylic acids is 1. The third-order valence-corrected chi connectivity index (χ3v) is 9.84. The topological polar surface area (TPSA) is 76.5 Å². The number of Topliss-reactive ketones (excluding diaryl/α,β-unsaturated/α-hetero) is 1. The van der Waals surface area contributed by atoms with Gasteiger partial charge in [-0.05, 0) is 36.3 Å². The zero-order valence-corrected chi connectivity index (χ0v) is 18.8. The van der Waals surface area contributed by atoms with Crippen LogP contribution in [0.4, 0.5) is 8.78 Å². The van der Waals surface area contributed by atoms with Crippen LogP contribution < -0.4 is 0 Å². The summed E-state index contributed by atoms with van der Waals surface area (Å²) in [6, 6.07) is 6.41. The number of carbonyl (C=O) groups excluding carboxylic acids is 1. The molecular weight excluding hydrogens is 408 g/mol. The molecule has 2 aromatic rings. The summed E-state index contributed by atoms with van der Waals surface area (Å²) < 4.78 is 34.5. The van der Waals surface area contributed by atoms with Crippen LogP contribution in [0, 0.1) is 11.6 Å². The molecule has 1 unspecified atom stereocenters. The molecule has 8 heteroatoms. The highest BCUT2D eigenvalue weighted by molar-refractivity contribution is 6.74. The quantitative estimate of drug-likeness (QED) is 0.436. The molecular formula is C22H27F2NO4Si. The Labute approximate surface area is 176 Å². The molecule has 1 N–H and O–H groups in total. The van der Waals surface area contributed by atoms with Crippen molar-refractivity contribution in [1.82, 2.24) is 4.98 Å². The van der Waals surface area contributed by atoms with E-state index in [9.17, 15) is 18.4 Å². The lowest BCUT2D eigenvalue weighted by atomic mass is 10.0. The predicted molar refractivity (Wildman–Crippen MR) is 112 cm³/mol. The van der Waals surface area contributed by atoms with Crippen molar-refractivity contribution < 1.29 is 27.9 Å². The Hall–Kier alpha value is -2.45. The van der Waals surface area contributed by atoms with Crippen LogP contribution in [0.15, 0.2) is 36.5 Å². The van der Waals surface area contributed by atoms with Gasteiger partial charge < -0.3 is 9.53 Å². The van der Waals surface area contributed by atoms with E-state index in [1.165, 1.54) is 24.4 Å². The first-order valence-corrected chi connectivity index (χ1v) is 12.6.